The van der Waals surface area contributed by atoms with Crippen molar-refractivity contribution < 1.29 is 4.79 Å². The molecule has 114 valence electrons. The van der Waals surface area contributed by atoms with E-state index in [9.17, 15) is 4.79 Å². The normalized spacial score (nSPS) is 10.8. The van der Waals surface area contributed by atoms with E-state index < -0.39 is 0 Å². The molecule has 0 radical (unpaired) electrons. The Labute approximate surface area is 138 Å². The summed E-state index contributed by atoms with van der Waals surface area (Å²) < 4.78 is 2.01. The average Bonchev–Trinajstić information content (AvgIpc) is 3.25. The number of rotatable bonds is 6. The standard InChI is InChI=1S/C12H12N6OS3/c1-2-18-10(8-4-3-5-20-8)15-17-12(18)21-6-9(19)14-11-16-13-7-22-11/h3-5,7H,2,6H2,1H3,(H,14,16,19). The zero-order chi connectivity index (χ0) is 15.4. The van der Waals surface area contributed by atoms with Crippen LogP contribution in [-0.2, 0) is 11.3 Å². The molecule has 3 rings (SSSR count). The third-order valence-electron chi connectivity index (χ3n) is 2.71. The van der Waals surface area contributed by atoms with Gasteiger partial charge in [0.05, 0.1) is 10.6 Å². The molecule has 3 aromatic rings. The lowest BCUT2D eigenvalue weighted by Gasteiger charge is -2.05. The van der Waals surface area contributed by atoms with Crippen molar-refractivity contribution in [3.63, 3.8) is 0 Å². The maximum Gasteiger partial charge on any atom is 0.236 e. The SMILES string of the molecule is CCn1c(SCC(=O)Nc2nncs2)nnc1-c1cccs1. The largest absolute Gasteiger partial charge is 0.302 e. The second kappa shape index (κ2) is 6.99. The van der Waals surface area contributed by atoms with Gasteiger partial charge in [0.15, 0.2) is 11.0 Å². The van der Waals surface area contributed by atoms with Crippen LogP contribution < -0.4 is 5.32 Å². The Morgan fingerprint density at radius 3 is 2.95 bits per heavy atom. The van der Waals surface area contributed by atoms with Crippen molar-refractivity contribution in [3.8, 4) is 10.7 Å². The first kappa shape index (κ1) is 15.1. The van der Waals surface area contributed by atoms with Crippen LogP contribution in [0.1, 0.15) is 6.92 Å². The van der Waals surface area contributed by atoms with E-state index in [0.717, 1.165) is 22.4 Å². The highest BCUT2D eigenvalue weighted by atomic mass is 32.2. The van der Waals surface area contributed by atoms with Crippen LogP contribution in [0.2, 0.25) is 0 Å². The molecule has 0 aliphatic rings. The first-order valence-corrected chi connectivity index (χ1v) is 9.18. The predicted molar refractivity (Wildman–Crippen MR) is 88.3 cm³/mol. The van der Waals surface area contributed by atoms with Crippen LogP contribution in [0.4, 0.5) is 5.13 Å². The maximum absolute atomic E-state index is 11.9. The van der Waals surface area contributed by atoms with Gasteiger partial charge in [-0.15, -0.1) is 31.7 Å². The lowest BCUT2D eigenvalue weighted by Crippen LogP contribution is -2.14. The van der Waals surface area contributed by atoms with Crippen molar-refractivity contribution in [1.82, 2.24) is 25.0 Å². The van der Waals surface area contributed by atoms with Gasteiger partial charge in [-0.1, -0.05) is 29.2 Å². The molecule has 7 nitrogen and oxygen atoms in total. The number of carbonyl (C=O) groups is 1. The van der Waals surface area contributed by atoms with Gasteiger partial charge in [0.25, 0.3) is 0 Å². The molecule has 0 atom stereocenters. The van der Waals surface area contributed by atoms with Crippen LogP contribution in [0.15, 0.2) is 28.2 Å². The van der Waals surface area contributed by atoms with Gasteiger partial charge in [0.2, 0.25) is 11.0 Å². The minimum atomic E-state index is -0.134. The van der Waals surface area contributed by atoms with Crippen LogP contribution in [0.25, 0.3) is 10.7 Å². The third kappa shape index (κ3) is 3.34. The van der Waals surface area contributed by atoms with Crippen molar-refractivity contribution in [1.29, 1.82) is 0 Å². The Hall–Kier alpha value is -1.78. The fraction of sp³-hybridized carbons (Fsp3) is 0.250. The molecule has 3 heterocycles. The second-order valence-corrected chi connectivity index (χ2v) is 6.83. The Morgan fingerprint density at radius 2 is 2.27 bits per heavy atom. The molecule has 1 amide bonds. The first-order valence-electron chi connectivity index (χ1n) is 6.44. The summed E-state index contributed by atoms with van der Waals surface area (Å²) in [4.78, 5) is 12.9. The van der Waals surface area contributed by atoms with Crippen molar-refractivity contribution in [2.24, 2.45) is 0 Å². The molecule has 0 saturated heterocycles. The van der Waals surface area contributed by atoms with E-state index >= 15 is 0 Å². The second-order valence-electron chi connectivity index (χ2n) is 4.11. The molecular formula is C12H12N6OS3. The van der Waals surface area contributed by atoms with Crippen molar-refractivity contribution in [2.75, 3.05) is 11.1 Å². The molecule has 0 aliphatic carbocycles. The van der Waals surface area contributed by atoms with E-state index in [1.165, 1.54) is 23.1 Å². The number of nitrogens with zero attached hydrogens (tertiary/aromatic N) is 5. The Bertz CT molecular complexity index is 737. The average molecular weight is 352 g/mol. The highest BCUT2D eigenvalue weighted by Gasteiger charge is 2.15. The van der Waals surface area contributed by atoms with E-state index in [1.807, 2.05) is 29.0 Å². The molecule has 3 aromatic heterocycles. The first-order chi connectivity index (χ1) is 10.8. The number of thiophene rings is 1. The minimum absolute atomic E-state index is 0.134. The van der Waals surface area contributed by atoms with E-state index in [4.69, 9.17) is 0 Å². The number of carbonyl (C=O) groups excluding carboxylic acids is 1. The lowest BCUT2D eigenvalue weighted by molar-refractivity contribution is -0.113. The topological polar surface area (TPSA) is 85.6 Å². The lowest BCUT2D eigenvalue weighted by atomic mass is 10.4. The Balaban J connectivity index is 1.66. The predicted octanol–water partition coefficient (Wildman–Crippen LogP) is 2.61. The summed E-state index contributed by atoms with van der Waals surface area (Å²) in [5.41, 5.74) is 1.57. The maximum atomic E-state index is 11.9. The van der Waals surface area contributed by atoms with Gasteiger partial charge in [-0.2, -0.15) is 0 Å². The number of thioether (sulfide) groups is 1. The van der Waals surface area contributed by atoms with Crippen LogP contribution in [0, 0.1) is 0 Å². The summed E-state index contributed by atoms with van der Waals surface area (Å²) >= 11 is 4.27. The van der Waals surface area contributed by atoms with Crippen LogP contribution in [-0.4, -0.2) is 36.6 Å². The monoisotopic (exact) mass is 352 g/mol. The molecule has 0 saturated carbocycles. The summed E-state index contributed by atoms with van der Waals surface area (Å²) in [7, 11) is 0. The summed E-state index contributed by atoms with van der Waals surface area (Å²) in [5, 5.41) is 21.8. The number of hydrogen-bond donors (Lipinski definition) is 1. The molecular weight excluding hydrogens is 340 g/mol. The van der Waals surface area contributed by atoms with E-state index in [2.05, 4.69) is 25.7 Å². The minimum Gasteiger partial charge on any atom is -0.302 e. The third-order valence-corrected chi connectivity index (χ3v) is 5.15. The van der Waals surface area contributed by atoms with Crippen LogP contribution >= 0.6 is 34.4 Å². The number of anilines is 1. The Kier molecular flexibility index (Phi) is 4.80. The van der Waals surface area contributed by atoms with Gasteiger partial charge in [-0.3, -0.25) is 10.1 Å². The molecule has 0 bridgehead atoms. The number of amides is 1. The van der Waals surface area contributed by atoms with E-state index in [-0.39, 0.29) is 11.7 Å². The zero-order valence-corrected chi connectivity index (χ0v) is 14.0. The quantitative estimate of drug-likeness (QED) is 0.686. The Morgan fingerprint density at radius 1 is 1.36 bits per heavy atom. The molecule has 0 aliphatic heterocycles. The van der Waals surface area contributed by atoms with Crippen LogP contribution in [0.3, 0.4) is 0 Å². The van der Waals surface area contributed by atoms with E-state index in [1.54, 1.807) is 16.8 Å². The fourth-order valence-corrected chi connectivity index (χ4v) is 3.76. The van der Waals surface area contributed by atoms with Crippen molar-refractivity contribution in [3.05, 3.63) is 23.0 Å². The van der Waals surface area contributed by atoms with E-state index in [0.29, 0.717) is 5.13 Å². The molecule has 10 heteroatoms. The van der Waals surface area contributed by atoms with Gasteiger partial charge in [0, 0.05) is 6.54 Å². The number of hydrogen-bond acceptors (Lipinski definition) is 8. The molecule has 0 aromatic carbocycles. The van der Waals surface area contributed by atoms with Crippen LogP contribution in [0.5, 0.6) is 0 Å². The van der Waals surface area contributed by atoms with Crippen molar-refractivity contribution >= 4 is 45.5 Å². The number of aromatic nitrogens is 5. The van der Waals surface area contributed by atoms with Gasteiger partial charge < -0.3 is 4.57 Å². The van der Waals surface area contributed by atoms with Gasteiger partial charge >= 0.3 is 0 Å². The summed E-state index contributed by atoms with van der Waals surface area (Å²) in [5.74, 6) is 0.955. The smallest absolute Gasteiger partial charge is 0.236 e. The summed E-state index contributed by atoms with van der Waals surface area (Å²) in [6.07, 6.45) is 0. The van der Waals surface area contributed by atoms with Gasteiger partial charge in [0.1, 0.15) is 5.51 Å². The van der Waals surface area contributed by atoms with Gasteiger partial charge in [-0.25, -0.2) is 0 Å². The fourth-order valence-electron chi connectivity index (χ4n) is 1.78. The zero-order valence-electron chi connectivity index (χ0n) is 11.6. The molecule has 1 N–H and O–H groups in total. The molecule has 22 heavy (non-hydrogen) atoms. The van der Waals surface area contributed by atoms with Gasteiger partial charge in [-0.05, 0) is 18.4 Å². The highest BCUT2D eigenvalue weighted by Crippen LogP contribution is 2.27. The summed E-state index contributed by atoms with van der Waals surface area (Å²) in [6.45, 7) is 2.78. The molecule has 0 unspecified atom stereocenters. The molecule has 0 spiro atoms. The summed E-state index contributed by atoms with van der Waals surface area (Å²) in [6, 6.07) is 3.99. The molecule has 0 fully saturated rings. The highest BCUT2D eigenvalue weighted by molar-refractivity contribution is 7.99. The van der Waals surface area contributed by atoms with Crippen molar-refractivity contribution in [2.45, 2.75) is 18.6 Å². The number of nitrogens with one attached hydrogen (secondary N) is 1.